The Balaban J connectivity index is 2.38. The second-order valence-corrected chi connectivity index (χ2v) is 2.56. The predicted molar refractivity (Wildman–Crippen MR) is 38.3 cm³/mol. The molecule has 0 saturated carbocycles. The Morgan fingerprint density at radius 1 is 1.67 bits per heavy atom. The van der Waals surface area contributed by atoms with Crippen LogP contribution in [-0.2, 0) is 11.2 Å². The number of hydrogen-bond acceptors (Lipinski definition) is 2. The van der Waals surface area contributed by atoms with Crippen molar-refractivity contribution in [1.29, 1.82) is 0 Å². The van der Waals surface area contributed by atoms with Crippen LogP contribution in [0.15, 0.2) is 16.8 Å². The molecular weight excluding hydrogens is 132 g/mol. The fraction of sp³-hybridized carbons (Fsp3) is 0.286. The highest BCUT2D eigenvalue weighted by Gasteiger charge is 1.90. The van der Waals surface area contributed by atoms with Crippen LogP contribution in [0.4, 0.5) is 0 Å². The predicted octanol–water partition coefficient (Wildman–Crippen LogP) is 1.79. The summed E-state index contributed by atoms with van der Waals surface area (Å²) in [4.78, 5) is 9.78. The summed E-state index contributed by atoms with van der Waals surface area (Å²) in [5.41, 5.74) is 1.24. The van der Waals surface area contributed by atoms with Gasteiger partial charge in [-0.3, -0.25) is 4.79 Å². The molecule has 0 fully saturated rings. The van der Waals surface area contributed by atoms with Crippen molar-refractivity contribution in [3.05, 3.63) is 22.4 Å². The quantitative estimate of drug-likeness (QED) is 0.624. The molecule has 1 nitrogen and oxygen atoms in total. The molecule has 1 heterocycles. The Hall–Kier alpha value is -0.630. The third-order valence-corrected chi connectivity index (χ3v) is 1.83. The largest absolute Gasteiger partial charge is 0.291 e. The molecule has 1 rings (SSSR count). The summed E-state index contributed by atoms with van der Waals surface area (Å²) in [6.45, 7) is 0. The first-order valence-electron chi connectivity index (χ1n) is 2.79. The van der Waals surface area contributed by atoms with Crippen LogP contribution in [0, 0.1) is 0 Å². The molecule has 1 aromatic heterocycles. The summed E-state index contributed by atoms with van der Waals surface area (Å²) < 4.78 is 0. The fourth-order valence-corrected chi connectivity index (χ4v) is 1.33. The molecule has 1 radical (unpaired) electrons. The first-order chi connectivity index (χ1) is 4.43. The van der Waals surface area contributed by atoms with Crippen molar-refractivity contribution in [2.24, 2.45) is 0 Å². The molecule has 0 spiro atoms. The number of carbonyl (C=O) groups excluding carboxylic acids is 1. The van der Waals surface area contributed by atoms with Crippen molar-refractivity contribution in [3.63, 3.8) is 0 Å². The van der Waals surface area contributed by atoms with Gasteiger partial charge in [-0.05, 0) is 28.8 Å². The topological polar surface area (TPSA) is 17.1 Å². The van der Waals surface area contributed by atoms with E-state index in [9.17, 15) is 4.79 Å². The Morgan fingerprint density at radius 3 is 3.11 bits per heavy atom. The minimum Gasteiger partial charge on any atom is -0.291 e. The number of rotatable bonds is 3. The molecule has 0 N–H and O–H groups in total. The van der Waals surface area contributed by atoms with Crippen LogP contribution in [0.25, 0.3) is 0 Å². The summed E-state index contributed by atoms with van der Waals surface area (Å²) in [5, 5.41) is 4.07. The first kappa shape index (κ1) is 6.49. The van der Waals surface area contributed by atoms with Crippen LogP contribution < -0.4 is 0 Å². The highest BCUT2D eigenvalue weighted by molar-refractivity contribution is 7.07. The Bertz CT molecular complexity index is 167. The van der Waals surface area contributed by atoms with Crippen molar-refractivity contribution in [1.82, 2.24) is 0 Å². The van der Waals surface area contributed by atoms with Gasteiger partial charge < -0.3 is 0 Å². The Kier molecular flexibility index (Phi) is 2.46. The molecule has 9 heavy (non-hydrogen) atoms. The van der Waals surface area contributed by atoms with Crippen LogP contribution in [0.2, 0.25) is 0 Å². The fourth-order valence-electron chi connectivity index (χ4n) is 0.630. The van der Waals surface area contributed by atoms with E-state index in [1.807, 2.05) is 17.7 Å². The lowest BCUT2D eigenvalue weighted by Crippen LogP contribution is -1.80. The molecule has 47 valence electrons. The number of hydrogen-bond donors (Lipinski definition) is 0. The van der Waals surface area contributed by atoms with Crippen molar-refractivity contribution in [3.8, 4) is 0 Å². The molecule has 2 heteroatoms. The van der Waals surface area contributed by atoms with Gasteiger partial charge >= 0.3 is 0 Å². The van der Waals surface area contributed by atoms with E-state index in [0.29, 0.717) is 6.42 Å². The van der Waals surface area contributed by atoms with Crippen LogP contribution in [0.1, 0.15) is 12.0 Å². The molecule has 0 aliphatic rings. The van der Waals surface area contributed by atoms with E-state index in [2.05, 4.69) is 5.38 Å². The number of thiophene rings is 1. The van der Waals surface area contributed by atoms with E-state index >= 15 is 0 Å². The van der Waals surface area contributed by atoms with Crippen LogP contribution >= 0.6 is 11.3 Å². The van der Waals surface area contributed by atoms with Gasteiger partial charge in [-0.2, -0.15) is 11.3 Å². The van der Waals surface area contributed by atoms with E-state index in [4.69, 9.17) is 0 Å². The SMILES string of the molecule is O=[C]CCc1ccsc1. The maximum Gasteiger partial charge on any atom is 0.198 e. The molecule has 0 atom stereocenters. The average Bonchev–Trinajstić information content (AvgIpc) is 2.34. The smallest absolute Gasteiger partial charge is 0.198 e. The van der Waals surface area contributed by atoms with Gasteiger partial charge in [-0.1, -0.05) is 0 Å². The monoisotopic (exact) mass is 139 g/mol. The third-order valence-electron chi connectivity index (χ3n) is 1.10. The summed E-state index contributed by atoms with van der Waals surface area (Å²) in [6, 6.07) is 2.03. The Labute approximate surface area is 58.3 Å². The molecule has 0 saturated heterocycles. The van der Waals surface area contributed by atoms with Gasteiger partial charge in [-0.15, -0.1) is 0 Å². The lowest BCUT2D eigenvalue weighted by molar-refractivity contribution is 0.551. The highest BCUT2D eigenvalue weighted by atomic mass is 32.1. The molecule has 0 aliphatic carbocycles. The average molecular weight is 139 g/mol. The van der Waals surface area contributed by atoms with Gasteiger partial charge in [-0.25, -0.2) is 0 Å². The van der Waals surface area contributed by atoms with Gasteiger partial charge in [0.05, 0.1) is 0 Å². The minimum absolute atomic E-state index is 0.525. The van der Waals surface area contributed by atoms with Gasteiger partial charge in [0, 0.05) is 6.42 Å². The van der Waals surface area contributed by atoms with Crippen molar-refractivity contribution in [2.75, 3.05) is 0 Å². The third kappa shape index (κ3) is 1.98. The second-order valence-electron chi connectivity index (χ2n) is 1.78. The number of aryl methyl sites for hydroxylation is 1. The van der Waals surface area contributed by atoms with E-state index < -0.39 is 0 Å². The van der Waals surface area contributed by atoms with E-state index in [-0.39, 0.29) is 0 Å². The zero-order valence-electron chi connectivity index (χ0n) is 4.96. The zero-order valence-corrected chi connectivity index (χ0v) is 5.78. The van der Waals surface area contributed by atoms with Crippen LogP contribution in [0.5, 0.6) is 0 Å². The van der Waals surface area contributed by atoms with Gasteiger partial charge in [0.25, 0.3) is 0 Å². The highest BCUT2D eigenvalue weighted by Crippen LogP contribution is 2.06. The lowest BCUT2D eigenvalue weighted by Gasteiger charge is -1.85. The van der Waals surface area contributed by atoms with Gasteiger partial charge in [0.15, 0.2) is 6.29 Å². The molecule has 0 unspecified atom stereocenters. The minimum atomic E-state index is 0.525. The molecule has 0 bridgehead atoms. The molecule has 0 aliphatic heterocycles. The second kappa shape index (κ2) is 3.41. The zero-order chi connectivity index (χ0) is 6.53. The van der Waals surface area contributed by atoms with E-state index in [1.165, 1.54) is 5.56 Å². The lowest BCUT2D eigenvalue weighted by atomic mass is 10.2. The van der Waals surface area contributed by atoms with Crippen LogP contribution in [-0.4, -0.2) is 6.29 Å². The summed E-state index contributed by atoms with van der Waals surface area (Å²) >= 11 is 1.66. The normalized spacial score (nSPS) is 9.33. The van der Waals surface area contributed by atoms with Crippen molar-refractivity contribution < 1.29 is 4.79 Å². The van der Waals surface area contributed by atoms with E-state index in [0.717, 1.165) is 6.42 Å². The molecule has 1 aromatic rings. The summed E-state index contributed by atoms with van der Waals surface area (Å²) in [5.74, 6) is 0. The first-order valence-corrected chi connectivity index (χ1v) is 3.74. The maximum absolute atomic E-state index is 9.78. The summed E-state index contributed by atoms with van der Waals surface area (Å²) in [7, 11) is 0. The van der Waals surface area contributed by atoms with Crippen LogP contribution in [0.3, 0.4) is 0 Å². The molecule has 0 aromatic carbocycles. The van der Waals surface area contributed by atoms with Gasteiger partial charge in [0.1, 0.15) is 0 Å². The molecule has 0 amide bonds. The standard InChI is InChI=1S/C7H7OS/c8-4-1-2-7-3-5-9-6-7/h3,5-6H,1-2H2. The van der Waals surface area contributed by atoms with E-state index in [1.54, 1.807) is 11.3 Å². The Morgan fingerprint density at radius 2 is 2.56 bits per heavy atom. The van der Waals surface area contributed by atoms with Crippen molar-refractivity contribution in [2.45, 2.75) is 12.8 Å². The maximum atomic E-state index is 9.78. The van der Waals surface area contributed by atoms with Gasteiger partial charge in [0.2, 0.25) is 0 Å². The van der Waals surface area contributed by atoms with Crippen molar-refractivity contribution >= 4 is 17.6 Å². The molecular formula is C7H7OS. The summed E-state index contributed by atoms with van der Waals surface area (Å²) in [6.07, 6.45) is 3.23.